The van der Waals surface area contributed by atoms with Crippen molar-refractivity contribution in [2.45, 2.75) is 19.4 Å². The molecule has 1 aliphatic heterocycles. The highest BCUT2D eigenvalue weighted by molar-refractivity contribution is 9.10. The van der Waals surface area contributed by atoms with Gasteiger partial charge in [0, 0.05) is 21.5 Å². The second-order valence-electron chi connectivity index (χ2n) is 9.36. The molecule has 1 N–H and O–H groups in total. The fourth-order valence-electron chi connectivity index (χ4n) is 3.96. The smallest absolute Gasteiger partial charge is 0.186 e. The number of rotatable bonds is 12. The van der Waals surface area contributed by atoms with Crippen LogP contribution in [0.2, 0.25) is 5.02 Å². The van der Waals surface area contributed by atoms with Gasteiger partial charge in [-0.15, -0.1) is 0 Å². The Balaban J connectivity index is 1.73. The molecular formula is C27H33BrClN2O2+. The van der Waals surface area contributed by atoms with E-state index in [1.807, 2.05) is 24.3 Å². The van der Waals surface area contributed by atoms with Crippen LogP contribution in [0.25, 0.3) is 12.2 Å². The van der Waals surface area contributed by atoms with Gasteiger partial charge < -0.3 is 14.5 Å². The number of benzene rings is 2. The van der Waals surface area contributed by atoms with Gasteiger partial charge in [-0.3, -0.25) is 4.79 Å². The van der Waals surface area contributed by atoms with E-state index in [4.69, 9.17) is 16.3 Å². The van der Waals surface area contributed by atoms with Gasteiger partial charge in [0.05, 0.1) is 14.1 Å². The molecular weight excluding hydrogens is 500 g/mol. The molecule has 0 amide bonds. The molecule has 2 aromatic rings. The summed E-state index contributed by atoms with van der Waals surface area (Å²) < 4.78 is 7.40. The third-order valence-corrected chi connectivity index (χ3v) is 6.61. The highest BCUT2D eigenvalue weighted by Gasteiger charge is 2.23. The van der Waals surface area contributed by atoms with Crippen molar-refractivity contribution in [1.29, 1.82) is 0 Å². The molecule has 0 bridgehead atoms. The van der Waals surface area contributed by atoms with Crippen LogP contribution in [0, 0.1) is 5.92 Å². The molecule has 2 aromatic carbocycles. The lowest BCUT2D eigenvalue weighted by Crippen LogP contribution is -2.44. The summed E-state index contributed by atoms with van der Waals surface area (Å²) in [5.41, 5.74) is 3.21. The molecule has 0 aliphatic carbocycles. The number of nitrogens with zero attached hydrogens (tertiary/aromatic N) is 1. The van der Waals surface area contributed by atoms with Crippen LogP contribution in [0.4, 0.5) is 0 Å². The van der Waals surface area contributed by atoms with Crippen molar-refractivity contribution in [3.63, 3.8) is 0 Å². The minimum atomic E-state index is 0.332. The Morgan fingerprint density at radius 2 is 2.03 bits per heavy atom. The zero-order valence-electron chi connectivity index (χ0n) is 19.4. The molecule has 0 saturated carbocycles. The Morgan fingerprint density at radius 3 is 2.70 bits per heavy atom. The van der Waals surface area contributed by atoms with Crippen LogP contribution in [-0.4, -0.2) is 50.6 Å². The SMILES string of the molecule is C=CCOc1cc(/C=C/c2ccc(Cl)cc2Br)cc(C[N+](C)(C)CC(=O)CCC2CNC2)c1. The molecule has 4 nitrogen and oxygen atoms in total. The summed E-state index contributed by atoms with van der Waals surface area (Å²) in [5, 5.41) is 3.96. The van der Waals surface area contributed by atoms with Gasteiger partial charge in [0.25, 0.3) is 0 Å². The number of quaternary nitrogens is 1. The highest BCUT2D eigenvalue weighted by atomic mass is 79.9. The number of carbonyl (C=O) groups excluding carboxylic acids is 1. The lowest BCUT2D eigenvalue weighted by molar-refractivity contribution is -0.895. The van der Waals surface area contributed by atoms with Crippen LogP contribution in [-0.2, 0) is 11.3 Å². The number of hydrogen-bond donors (Lipinski definition) is 1. The fraction of sp³-hybridized carbons (Fsp3) is 0.370. The molecule has 0 aromatic heterocycles. The van der Waals surface area contributed by atoms with Crippen LogP contribution in [0.15, 0.2) is 53.5 Å². The number of nitrogens with one attached hydrogen (secondary N) is 1. The first-order valence-electron chi connectivity index (χ1n) is 11.3. The van der Waals surface area contributed by atoms with E-state index < -0.39 is 0 Å². The second kappa shape index (κ2) is 12.0. The van der Waals surface area contributed by atoms with E-state index in [-0.39, 0.29) is 0 Å². The standard InChI is InChI=1S/C27H33BrClN2O2/c1-4-11-33-26-13-20(5-7-23-8-9-24(29)15-27(23)28)12-22(14-26)18-31(2,3)19-25(32)10-6-21-16-30-17-21/h4-5,7-9,12-15,21,30H,1,6,10-11,16-19H2,2-3H3/q+1/b7-5+. The van der Waals surface area contributed by atoms with Gasteiger partial charge in [-0.1, -0.05) is 58.4 Å². The highest BCUT2D eigenvalue weighted by Crippen LogP contribution is 2.26. The first-order chi connectivity index (χ1) is 15.7. The second-order valence-corrected chi connectivity index (χ2v) is 10.7. The number of Topliss-reactive ketones (excluding diaryl/α,β-unsaturated/α-hetero) is 1. The predicted molar refractivity (Wildman–Crippen MR) is 141 cm³/mol. The van der Waals surface area contributed by atoms with Gasteiger partial charge >= 0.3 is 0 Å². The molecule has 176 valence electrons. The van der Waals surface area contributed by atoms with Gasteiger partial charge in [-0.2, -0.15) is 0 Å². The van der Waals surface area contributed by atoms with Crippen molar-refractivity contribution in [2.75, 3.05) is 40.3 Å². The van der Waals surface area contributed by atoms with Crippen molar-refractivity contribution >= 4 is 45.5 Å². The summed E-state index contributed by atoms with van der Waals surface area (Å²) in [7, 11) is 4.22. The monoisotopic (exact) mass is 531 g/mol. The number of likely N-dealkylation sites (N-methyl/N-ethyl adjacent to an activating group) is 1. The van der Waals surface area contributed by atoms with Crippen molar-refractivity contribution in [3.8, 4) is 5.75 Å². The van der Waals surface area contributed by atoms with E-state index in [9.17, 15) is 4.79 Å². The van der Waals surface area contributed by atoms with Crippen molar-refractivity contribution in [2.24, 2.45) is 5.92 Å². The maximum atomic E-state index is 12.6. The molecule has 3 rings (SSSR count). The van der Waals surface area contributed by atoms with Crippen LogP contribution < -0.4 is 10.1 Å². The zero-order chi connectivity index (χ0) is 23.8. The summed E-state index contributed by atoms with van der Waals surface area (Å²) in [6.07, 6.45) is 7.52. The fourth-order valence-corrected chi connectivity index (χ4v) is 4.77. The largest absolute Gasteiger partial charge is 0.490 e. The lowest BCUT2D eigenvalue weighted by Gasteiger charge is -2.30. The van der Waals surface area contributed by atoms with E-state index in [1.54, 1.807) is 6.08 Å². The molecule has 1 aliphatic rings. The van der Waals surface area contributed by atoms with Gasteiger partial charge in [0.15, 0.2) is 5.78 Å². The van der Waals surface area contributed by atoms with Gasteiger partial charge in [0.1, 0.15) is 25.4 Å². The molecule has 6 heteroatoms. The lowest BCUT2D eigenvalue weighted by atomic mass is 9.96. The van der Waals surface area contributed by atoms with Crippen LogP contribution in [0.1, 0.15) is 29.5 Å². The van der Waals surface area contributed by atoms with E-state index in [2.05, 4.69) is 66.2 Å². The van der Waals surface area contributed by atoms with E-state index >= 15 is 0 Å². The molecule has 0 unspecified atom stereocenters. The summed E-state index contributed by atoms with van der Waals surface area (Å²) in [5.74, 6) is 1.79. The number of hydrogen-bond acceptors (Lipinski definition) is 3. The van der Waals surface area contributed by atoms with Crippen LogP contribution >= 0.6 is 27.5 Å². The first kappa shape index (κ1) is 25.7. The summed E-state index contributed by atoms with van der Waals surface area (Å²) in [6, 6.07) is 12.0. The van der Waals surface area contributed by atoms with Crippen LogP contribution in [0.5, 0.6) is 5.75 Å². The van der Waals surface area contributed by atoms with Gasteiger partial charge in [0.2, 0.25) is 0 Å². The van der Waals surface area contributed by atoms with Crippen LogP contribution in [0.3, 0.4) is 0 Å². The number of carbonyl (C=O) groups is 1. The molecule has 33 heavy (non-hydrogen) atoms. The third-order valence-electron chi connectivity index (χ3n) is 5.69. The first-order valence-corrected chi connectivity index (χ1v) is 12.5. The van der Waals surface area contributed by atoms with Crippen molar-refractivity contribution in [1.82, 2.24) is 5.32 Å². The molecule has 0 spiro atoms. The Morgan fingerprint density at radius 1 is 1.24 bits per heavy atom. The normalized spacial score (nSPS) is 14.3. The molecule has 0 atom stereocenters. The van der Waals surface area contributed by atoms with Crippen molar-refractivity contribution < 1.29 is 14.0 Å². The summed E-state index contributed by atoms with van der Waals surface area (Å²) in [4.78, 5) is 12.6. The maximum absolute atomic E-state index is 12.6. The number of ether oxygens (including phenoxy) is 1. The number of ketones is 1. The Bertz CT molecular complexity index is 1020. The zero-order valence-corrected chi connectivity index (χ0v) is 21.8. The minimum absolute atomic E-state index is 0.332. The molecule has 1 heterocycles. The quantitative estimate of drug-likeness (QED) is 0.207. The van der Waals surface area contributed by atoms with Crippen molar-refractivity contribution in [3.05, 3.63) is 75.2 Å². The summed E-state index contributed by atoms with van der Waals surface area (Å²) in [6.45, 7) is 7.56. The van der Waals surface area contributed by atoms with E-state index in [1.165, 1.54) is 0 Å². The molecule has 0 radical (unpaired) electrons. The topological polar surface area (TPSA) is 38.3 Å². The summed E-state index contributed by atoms with van der Waals surface area (Å²) >= 11 is 9.63. The predicted octanol–water partition coefficient (Wildman–Crippen LogP) is 5.98. The van der Waals surface area contributed by atoms with Gasteiger partial charge in [-0.05, 0) is 66.9 Å². The Hall–Kier alpha value is -1.92. The average Bonchev–Trinajstić information content (AvgIpc) is 2.69. The number of halogens is 2. The third kappa shape index (κ3) is 8.42. The van der Waals surface area contributed by atoms with Gasteiger partial charge in [-0.25, -0.2) is 0 Å². The maximum Gasteiger partial charge on any atom is 0.186 e. The Labute approximate surface area is 211 Å². The minimum Gasteiger partial charge on any atom is -0.490 e. The average molecular weight is 533 g/mol. The van der Waals surface area contributed by atoms with E-state index in [0.717, 1.165) is 53.0 Å². The van der Waals surface area contributed by atoms with E-state index in [0.29, 0.717) is 40.8 Å². The molecule has 1 saturated heterocycles. The molecule has 1 fully saturated rings. The Kier molecular flexibility index (Phi) is 9.33.